The second-order valence-electron chi connectivity index (χ2n) is 4.28. The van der Waals surface area contributed by atoms with Crippen LogP contribution in [0.3, 0.4) is 0 Å². The minimum atomic E-state index is -0.376. The fourth-order valence-electron chi connectivity index (χ4n) is 2.17. The molecule has 0 N–H and O–H groups in total. The molecule has 0 bridgehead atoms. The van der Waals surface area contributed by atoms with Gasteiger partial charge in [0, 0.05) is 13.1 Å². The number of nitrogens with zero attached hydrogens (tertiary/aromatic N) is 1. The molecule has 0 aromatic heterocycles. The van der Waals surface area contributed by atoms with E-state index in [1.165, 1.54) is 6.07 Å². The number of benzene rings is 1. The first-order valence-corrected chi connectivity index (χ1v) is 5.73. The summed E-state index contributed by atoms with van der Waals surface area (Å²) in [4.78, 5) is 13.9. The molecule has 0 aliphatic carbocycles. The van der Waals surface area contributed by atoms with Gasteiger partial charge in [0.25, 0.3) is 0 Å². The van der Waals surface area contributed by atoms with Crippen LogP contribution in [0.4, 0.5) is 4.39 Å². The Morgan fingerprint density at radius 3 is 2.56 bits per heavy atom. The van der Waals surface area contributed by atoms with Crippen molar-refractivity contribution in [2.75, 3.05) is 13.1 Å². The highest BCUT2D eigenvalue weighted by molar-refractivity contribution is 5.83. The van der Waals surface area contributed by atoms with Crippen LogP contribution in [0.15, 0.2) is 24.3 Å². The quantitative estimate of drug-likeness (QED) is 0.751. The van der Waals surface area contributed by atoms with Gasteiger partial charge < -0.3 is 4.90 Å². The molecule has 1 aliphatic rings. The summed E-state index contributed by atoms with van der Waals surface area (Å²) in [6, 6.07) is 6.51. The lowest BCUT2D eigenvalue weighted by Crippen LogP contribution is -2.31. The maximum Gasteiger partial charge on any atom is 0.229 e. The molecule has 1 aliphatic heterocycles. The third kappa shape index (κ3) is 2.08. The van der Waals surface area contributed by atoms with E-state index in [1.807, 2.05) is 4.90 Å². The number of carbonyl (C=O) groups excluding carboxylic acids is 1. The number of likely N-dealkylation sites (tertiary alicyclic amines) is 1. The summed E-state index contributed by atoms with van der Waals surface area (Å²) in [6.07, 6.45) is 2.13. The molecular weight excluding hydrogens is 205 g/mol. The number of rotatable bonds is 2. The molecule has 2 nitrogen and oxygen atoms in total. The fourth-order valence-corrected chi connectivity index (χ4v) is 2.17. The van der Waals surface area contributed by atoms with Crippen molar-refractivity contribution in [3.8, 4) is 0 Å². The van der Waals surface area contributed by atoms with Gasteiger partial charge in [-0.15, -0.1) is 0 Å². The molecular formula is C13H16FNO. The van der Waals surface area contributed by atoms with Crippen LogP contribution in [0.25, 0.3) is 0 Å². The number of hydrogen-bond donors (Lipinski definition) is 0. The molecule has 0 spiro atoms. The van der Waals surface area contributed by atoms with E-state index in [0.717, 1.165) is 25.9 Å². The second kappa shape index (κ2) is 4.64. The molecule has 0 radical (unpaired) electrons. The second-order valence-corrected chi connectivity index (χ2v) is 4.28. The Morgan fingerprint density at radius 1 is 1.31 bits per heavy atom. The summed E-state index contributed by atoms with van der Waals surface area (Å²) >= 11 is 0. The molecule has 86 valence electrons. The van der Waals surface area contributed by atoms with Crippen molar-refractivity contribution in [1.82, 2.24) is 4.90 Å². The largest absolute Gasteiger partial charge is 0.342 e. The molecule has 1 unspecified atom stereocenters. The van der Waals surface area contributed by atoms with Crippen LogP contribution in [-0.4, -0.2) is 23.9 Å². The maximum absolute atomic E-state index is 13.5. The van der Waals surface area contributed by atoms with Crippen LogP contribution in [0.5, 0.6) is 0 Å². The van der Waals surface area contributed by atoms with Crippen LogP contribution in [0.2, 0.25) is 0 Å². The highest BCUT2D eigenvalue weighted by Gasteiger charge is 2.25. The van der Waals surface area contributed by atoms with Gasteiger partial charge in [-0.2, -0.15) is 0 Å². The predicted octanol–water partition coefficient (Wildman–Crippen LogP) is 2.55. The number of carbonyl (C=O) groups is 1. The van der Waals surface area contributed by atoms with Crippen LogP contribution in [0, 0.1) is 5.82 Å². The molecule has 1 atom stereocenters. The van der Waals surface area contributed by atoms with Gasteiger partial charge in [-0.25, -0.2) is 4.39 Å². The zero-order chi connectivity index (χ0) is 11.5. The first-order valence-electron chi connectivity index (χ1n) is 5.73. The smallest absolute Gasteiger partial charge is 0.229 e. The van der Waals surface area contributed by atoms with Crippen molar-refractivity contribution < 1.29 is 9.18 Å². The summed E-state index contributed by atoms with van der Waals surface area (Å²) in [5.74, 6) is -0.621. The standard InChI is InChI=1S/C13H16FNO/c1-10(11-6-2-3-7-12(11)14)13(16)15-8-4-5-9-15/h2-3,6-7,10H,4-5,8-9H2,1H3. The lowest BCUT2D eigenvalue weighted by atomic mass is 9.99. The van der Waals surface area contributed by atoms with E-state index in [4.69, 9.17) is 0 Å². The van der Waals surface area contributed by atoms with Crippen LogP contribution in [-0.2, 0) is 4.79 Å². The Labute approximate surface area is 95.1 Å². The molecule has 1 aromatic rings. The minimum absolute atomic E-state index is 0.0441. The number of hydrogen-bond acceptors (Lipinski definition) is 1. The average molecular weight is 221 g/mol. The highest BCUT2D eigenvalue weighted by Crippen LogP contribution is 2.22. The molecule has 1 amide bonds. The first-order chi connectivity index (χ1) is 7.70. The predicted molar refractivity (Wildman–Crippen MR) is 60.6 cm³/mol. The normalized spacial score (nSPS) is 17.5. The van der Waals surface area contributed by atoms with Crippen molar-refractivity contribution in [1.29, 1.82) is 0 Å². The van der Waals surface area contributed by atoms with E-state index in [2.05, 4.69) is 0 Å². The number of halogens is 1. The molecule has 16 heavy (non-hydrogen) atoms. The van der Waals surface area contributed by atoms with Gasteiger partial charge in [0.2, 0.25) is 5.91 Å². The minimum Gasteiger partial charge on any atom is -0.342 e. The lowest BCUT2D eigenvalue weighted by molar-refractivity contribution is -0.131. The van der Waals surface area contributed by atoms with Crippen LogP contribution < -0.4 is 0 Å². The van der Waals surface area contributed by atoms with Crippen molar-refractivity contribution in [2.45, 2.75) is 25.7 Å². The zero-order valence-corrected chi connectivity index (χ0v) is 9.45. The average Bonchev–Trinajstić information content (AvgIpc) is 2.81. The third-order valence-electron chi connectivity index (χ3n) is 3.16. The maximum atomic E-state index is 13.5. The fraction of sp³-hybridized carbons (Fsp3) is 0.462. The Kier molecular flexibility index (Phi) is 3.22. The Hall–Kier alpha value is -1.38. The van der Waals surface area contributed by atoms with Crippen LogP contribution in [0.1, 0.15) is 31.2 Å². The molecule has 2 rings (SSSR count). The Morgan fingerprint density at radius 2 is 1.94 bits per heavy atom. The summed E-state index contributed by atoms with van der Waals surface area (Å²) in [7, 11) is 0. The molecule has 1 aromatic carbocycles. The SMILES string of the molecule is CC(C(=O)N1CCCC1)c1ccccc1F. The Bertz CT molecular complexity index is 385. The molecule has 1 fully saturated rings. The summed E-state index contributed by atoms with van der Waals surface area (Å²) in [6.45, 7) is 3.41. The van der Waals surface area contributed by atoms with Crippen molar-refractivity contribution in [3.05, 3.63) is 35.6 Å². The van der Waals surface area contributed by atoms with Gasteiger partial charge in [0.05, 0.1) is 5.92 Å². The van der Waals surface area contributed by atoms with Crippen LogP contribution >= 0.6 is 0 Å². The zero-order valence-electron chi connectivity index (χ0n) is 9.45. The van der Waals surface area contributed by atoms with E-state index in [1.54, 1.807) is 25.1 Å². The van der Waals surface area contributed by atoms with E-state index >= 15 is 0 Å². The van der Waals surface area contributed by atoms with Gasteiger partial charge >= 0.3 is 0 Å². The summed E-state index contributed by atoms with van der Waals surface area (Å²) in [5, 5.41) is 0. The van der Waals surface area contributed by atoms with Crippen molar-refractivity contribution >= 4 is 5.91 Å². The first kappa shape index (κ1) is 11.1. The number of amides is 1. The Balaban J connectivity index is 2.15. The monoisotopic (exact) mass is 221 g/mol. The van der Waals surface area contributed by atoms with E-state index < -0.39 is 0 Å². The van der Waals surface area contributed by atoms with Crippen molar-refractivity contribution in [2.24, 2.45) is 0 Å². The van der Waals surface area contributed by atoms with Gasteiger partial charge in [-0.1, -0.05) is 18.2 Å². The molecule has 0 saturated carbocycles. The van der Waals surface area contributed by atoms with Gasteiger partial charge in [0.1, 0.15) is 5.82 Å². The van der Waals surface area contributed by atoms with Crippen molar-refractivity contribution in [3.63, 3.8) is 0 Å². The summed E-state index contributed by atoms with van der Waals surface area (Å²) < 4.78 is 13.5. The molecule has 1 saturated heterocycles. The molecule has 1 heterocycles. The van der Waals surface area contributed by atoms with E-state index in [0.29, 0.717) is 5.56 Å². The summed E-state index contributed by atoms with van der Waals surface area (Å²) in [5.41, 5.74) is 0.499. The van der Waals surface area contributed by atoms with Gasteiger partial charge in [-0.05, 0) is 31.4 Å². The van der Waals surface area contributed by atoms with E-state index in [9.17, 15) is 9.18 Å². The van der Waals surface area contributed by atoms with Gasteiger partial charge in [0.15, 0.2) is 0 Å². The third-order valence-corrected chi connectivity index (χ3v) is 3.16. The topological polar surface area (TPSA) is 20.3 Å². The van der Waals surface area contributed by atoms with Gasteiger partial charge in [-0.3, -0.25) is 4.79 Å². The lowest BCUT2D eigenvalue weighted by Gasteiger charge is -2.20. The highest BCUT2D eigenvalue weighted by atomic mass is 19.1. The molecule has 3 heteroatoms. The van der Waals surface area contributed by atoms with E-state index in [-0.39, 0.29) is 17.6 Å².